The average molecular weight is 283 g/mol. The van der Waals surface area contributed by atoms with Gasteiger partial charge in [0.25, 0.3) is 0 Å². The first-order valence-electron chi connectivity index (χ1n) is 6.97. The number of benzene rings is 2. The van der Waals surface area contributed by atoms with E-state index in [2.05, 4.69) is 55.2 Å². The normalized spacial score (nSPS) is 12.8. The van der Waals surface area contributed by atoms with E-state index in [1.807, 2.05) is 38.1 Å². The van der Waals surface area contributed by atoms with Crippen molar-refractivity contribution in [3.05, 3.63) is 70.8 Å². The minimum atomic E-state index is -0.590. The van der Waals surface area contributed by atoms with Crippen LogP contribution in [0.4, 0.5) is 0 Å². The van der Waals surface area contributed by atoms with Crippen LogP contribution in [0.1, 0.15) is 29.2 Å². The Kier molecular flexibility index (Phi) is 6.28. The molecular formula is C18H25N3. The first-order valence-corrected chi connectivity index (χ1v) is 6.97. The van der Waals surface area contributed by atoms with Gasteiger partial charge in [0.15, 0.2) is 0 Å². The molecule has 0 aliphatic rings. The predicted octanol–water partition coefficient (Wildman–Crippen LogP) is 3.64. The number of nitrogens with two attached hydrogens (primary N) is 1. The molecule has 1 unspecified atom stereocenters. The second-order valence-electron chi connectivity index (χ2n) is 5.40. The van der Waals surface area contributed by atoms with Gasteiger partial charge in [0, 0.05) is 0 Å². The van der Waals surface area contributed by atoms with Gasteiger partial charge in [-0.2, -0.15) is 0 Å². The van der Waals surface area contributed by atoms with Crippen molar-refractivity contribution in [3.63, 3.8) is 0 Å². The van der Waals surface area contributed by atoms with E-state index in [-0.39, 0.29) is 0 Å². The van der Waals surface area contributed by atoms with Crippen LogP contribution >= 0.6 is 0 Å². The molecule has 0 saturated heterocycles. The highest BCUT2D eigenvalue weighted by atomic mass is 15.3. The van der Waals surface area contributed by atoms with Gasteiger partial charge in [-0.25, -0.2) is 5.43 Å². The minimum Gasteiger partial charge on any atom is -0.273 e. The Morgan fingerprint density at radius 1 is 0.857 bits per heavy atom. The summed E-state index contributed by atoms with van der Waals surface area (Å²) in [7, 11) is 0. The summed E-state index contributed by atoms with van der Waals surface area (Å²) in [5, 5.41) is 0. The average Bonchev–Trinajstić information content (AvgIpc) is 2.51. The summed E-state index contributed by atoms with van der Waals surface area (Å²) >= 11 is 0. The molecule has 0 saturated carbocycles. The Labute approximate surface area is 127 Å². The van der Waals surface area contributed by atoms with Crippen LogP contribution in [-0.4, -0.2) is 6.72 Å². The fourth-order valence-corrected chi connectivity index (χ4v) is 1.74. The number of aryl methyl sites for hydroxylation is 3. The zero-order valence-corrected chi connectivity index (χ0v) is 13.4. The molecule has 0 bridgehead atoms. The second kappa shape index (κ2) is 7.72. The van der Waals surface area contributed by atoms with Crippen LogP contribution in [0.3, 0.4) is 0 Å². The maximum Gasteiger partial charge on any atom is 0.144 e. The van der Waals surface area contributed by atoms with E-state index >= 15 is 0 Å². The molecule has 0 fully saturated rings. The van der Waals surface area contributed by atoms with Gasteiger partial charge in [0.2, 0.25) is 0 Å². The quantitative estimate of drug-likeness (QED) is 0.513. The molecule has 2 aromatic rings. The maximum absolute atomic E-state index is 5.40. The summed E-state index contributed by atoms with van der Waals surface area (Å²) in [6.07, 6.45) is 0. The van der Waals surface area contributed by atoms with Crippen LogP contribution in [0.15, 0.2) is 53.5 Å². The zero-order chi connectivity index (χ0) is 15.9. The van der Waals surface area contributed by atoms with Gasteiger partial charge in [-0.05, 0) is 40.0 Å². The van der Waals surface area contributed by atoms with Gasteiger partial charge in [-0.3, -0.25) is 10.8 Å². The van der Waals surface area contributed by atoms with Gasteiger partial charge in [0.05, 0.1) is 0 Å². The lowest BCUT2D eigenvalue weighted by atomic mass is 10.0. The number of hydrogen-bond donors (Lipinski definition) is 2. The molecule has 0 aliphatic heterocycles. The van der Waals surface area contributed by atoms with E-state index < -0.39 is 5.66 Å². The third-order valence-corrected chi connectivity index (χ3v) is 3.43. The van der Waals surface area contributed by atoms with Gasteiger partial charge in [0.1, 0.15) is 5.66 Å². The Morgan fingerprint density at radius 3 is 1.48 bits per heavy atom. The molecule has 21 heavy (non-hydrogen) atoms. The lowest BCUT2D eigenvalue weighted by molar-refractivity contribution is 0.396. The monoisotopic (exact) mass is 283 g/mol. The Balaban J connectivity index is 0.000000235. The molecule has 0 radical (unpaired) electrons. The Morgan fingerprint density at radius 2 is 1.19 bits per heavy atom. The molecule has 0 aromatic heterocycles. The van der Waals surface area contributed by atoms with Crippen LogP contribution in [-0.2, 0) is 5.66 Å². The number of nitrogens with zero attached hydrogens (tertiary/aromatic N) is 1. The van der Waals surface area contributed by atoms with E-state index in [1.165, 1.54) is 16.7 Å². The van der Waals surface area contributed by atoms with Crippen molar-refractivity contribution < 1.29 is 0 Å². The molecule has 0 spiro atoms. The highest BCUT2D eigenvalue weighted by Gasteiger charge is 2.21. The summed E-state index contributed by atoms with van der Waals surface area (Å²) in [4.78, 5) is 3.95. The topological polar surface area (TPSA) is 50.4 Å². The van der Waals surface area contributed by atoms with E-state index in [0.29, 0.717) is 0 Å². The van der Waals surface area contributed by atoms with Gasteiger partial charge >= 0.3 is 0 Å². The van der Waals surface area contributed by atoms with Crippen molar-refractivity contribution in [3.8, 4) is 0 Å². The van der Waals surface area contributed by atoms with Crippen molar-refractivity contribution in [1.82, 2.24) is 5.43 Å². The van der Waals surface area contributed by atoms with Gasteiger partial charge < -0.3 is 0 Å². The predicted molar refractivity (Wildman–Crippen MR) is 91.3 cm³/mol. The van der Waals surface area contributed by atoms with Crippen molar-refractivity contribution in [1.29, 1.82) is 0 Å². The SMILES string of the molecule is C=NC(C)(NN)c1ccc(C)cc1.Cc1ccc(C)cc1. The van der Waals surface area contributed by atoms with E-state index in [1.54, 1.807) is 0 Å². The van der Waals surface area contributed by atoms with E-state index in [4.69, 9.17) is 5.84 Å². The van der Waals surface area contributed by atoms with Crippen molar-refractivity contribution >= 4 is 6.72 Å². The first-order chi connectivity index (χ1) is 9.91. The Hall–Kier alpha value is -1.97. The lowest BCUT2D eigenvalue weighted by Crippen LogP contribution is -2.42. The zero-order valence-electron chi connectivity index (χ0n) is 13.4. The van der Waals surface area contributed by atoms with Crippen LogP contribution in [0, 0.1) is 20.8 Å². The van der Waals surface area contributed by atoms with Crippen molar-refractivity contribution in [2.45, 2.75) is 33.4 Å². The summed E-state index contributed by atoms with van der Waals surface area (Å²) in [5.41, 5.74) is 6.93. The van der Waals surface area contributed by atoms with Crippen LogP contribution in [0.25, 0.3) is 0 Å². The molecule has 112 valence electrons. The molecule has 3 heteroatoms. The number of hydrazine groups is 1. The molecule has 0 amide bonds. The minimum absolute atomic E-state index is 0.590. The highest BCUT2D eigenvalue weighted by Crippen LogP contribution is 2.20. The Bertz CT molecular complexity index is 537. The number of aliphatic imine (C=N–C) groups is 1. The highest BCUT2D eigenvalue weighted by molar-refractivity contribution is 5.32. The molecular weight excluding hydrogens is 258 g/mol. The van der Waals surface area contributed by atoms with Crippen LogP contribution < -0.4 is 11.3 Å². The largest absolute Gasteiger partial charge is 0.273 e. The number of hydrogen-bond acceptors (Lipinski definition) is 3. The summed E-state index contributed by atoms with van der Waals surface area (Å²) < 4.78 is 0. The summed E-state index contributed by atoms with van der Waals surface area (Å²) in [5.74, 6) is 5.40. The third kappa shape index (κ3) is 5.14. The molecule has 3 nitrogen and oxygen atoms in total. The molecule has 0 heterocycles. The van der Waals surface area contributed by atoms with Crippen LogP contribution in [0.5, 0.6) is 0 Å². The maximum atomic E-state index is 5.40. The number of nitrogens with one attached hydrogen (secondary N) is 1. The molecule has 2 aromatic carbocycles. The molecule has 2 rings (SSSR count). The number of rotatable bonds is 3. The van der Waals surface area contributed by atoms with E-state index in [0.717, 1.165) is 5.56 Å². The van der Waals surface area contributed by atoms with Crippen molar-refractivity contribution in [2.24, 2.45) is 10.8 Å². The first kappa shape index (κ1) is 17.1. The smallest absolute Gasteiger partial charge is 0.144 e. The standard InChI is InChI=1S/C10H15N3.C8H10/c1-8-4-6-9(7-5-8)10(2,12-3)13-11;1-7-3-5-8(2)6-4-7/h4-7,13H,3,11H2,1-2H3;3-6H,1-2H3. The van der Waals surface area contributed by atoms with E-state index in [9.17, 15) is 0 Å². The summed E-state index contributed by atoms with van der Waals surface area (Å²) in [6, 6.07) is 16.5. The van der Waals surface area contributed by atoms with Gasteiger partial charge in [-0.1, -0.05) is 65.2 Å². The van der Waals surface area contributed by atoms with Crippen LogP contribution in [0.2, 0.25) is 0 Å². The second-order valence-corrected chi connectivity index (χ2v) is 5.40. The molecule has 3 N–H and O–H groups in total. The van der Waals surface area contributed by atoms with Crippen molar-refractivity contribution in [2.75, 3.05) is 0 Å². The third-order valence-electron chi connectivity index (χ3n) is 3.43. The summed E-state index contributed by atoms with van der Waals surface area (Å²) in [6.45, 7) is 11.6. The molecule has 1 atom stereocenters. The van der Waals surface area contributed by atoms with Gasteiger partial charge in [-0.15, -0.1) is 0 Å². The molecule has 0 aliphatic carbocycles. The fraction of sp³-hybridized carbons (Fsp3) is 0.278. The fourth-order valence-electron chi connectivity index (χ4n) is 1.74. The lowest BCUT2D eigenvalue weighted by Gasteiger charge is -2.24.